The Hall–Kier alpha value is -1.75. The molecule has 0 amide bonds. The number of aromatic nitrogens is 4. The lowest BCUT2D eigenvalue weighted by molar-refractivity contribution is 0.646. The molecule has 0 atom stereocenters. The van der Waals surface area contributed by atoms with E-state index in [1.54, 1.807) is 6.20 Å². The molecule has 5 nitrogen and oxygen atoms in total. The molecule has 0 bridgehead atoms. The van der Waals surface area contributed by atoms with Crippen LogP contribution in [0.3, 0.4) is 0 Å². The lowest BCUT2D eigenvalue weighted by Crippen LogP contribution is -2.11. The Morgan fingerprint density at radius 2 is 2.38 bits per heavy atom. The van der Waals surface area contributed by atoms with E-state index >= 15 is 0 Å². The van der Waals surface area contributed by atoms with Gasteiger partial charge in [-0.15, -0.1) is 5.10 Å². The van der Waals surface area contributed by atoms with E-state index in [0.717, 1.165) is 24.3 Å². The van der Waals surface area contributed by atoms with Crippen LogP contribution in [-0.2, 0) is 13.1 Å². The van der Waals surface area contributed by atoms with Gasteiger partial charge in [0, 0.05) is 18.9 Å². The molecule has 5 heteroatoms. The Kier molecular flexibility index (Phi) is 3.61. The molecule has 1 N–H and O–H groups in total. The molecule has 2 aromatic rings. The third-order valence-electron chi connectivity index (χ3n) is 2.21. The van der Waals surface area contributed by atoms with Crippen LogP contribution in [0.2, 0.25) is 0 Å². The molecular weight excluding hydrogens is 202 g/mol. The first-order valence-electron chi connectivity index (χ1n) is 5.37. The molecule has 0 saturated heterocycles. The lowest BCUT2D eigenvalue weighted by atomic mass is 10.3. The molecule has 0 aliphatic carbocycles. The summed E-state index contributed by atoms with van der Waals surface area (Å²) < 4.78 is 1.82. The van der Waals surface area contributed by atoms with E-state index in [1.807, 2.05) is 29.2 Å². The highest BCUT2D eigenvalue weighted by Crippen LogP contribution is 2.00. The van der Waals surface area contributed by atoms with E-state index < -0.39 is 0 Å². The van der Waals surface area contributed by atoms with Crippen LogP contribution in [0.4, 0.5) is 0 Å². The van der Waals surface area contributed by atoms with Crippen molar-refractivity contribution in [2.75, 3.05) is 6.54 Å². The molecule has 0 radical (unpaired) electrons. The zero-order valence-corrected chi connectivity index (χ0v) is 9.30. The van der Waals surface area contributed by atoms with E-state index in [2.05, 4.69) is 27.5 Å². The maximum absolute atomic E-state index is 4.08. The number of pyridine rings is 1. The van der Waals surface area contributed by atoms with Crippen LogP contribution in [0.1, 0.15) is 18.2 Å². The van der Waals surface area contributed by atoms with Crippen LogP contribution in [0, 0.1) is 0 Å². The van der Waals surface area contributed by atoms with Crippen molar-refractivity contribution < 1.29 is 0 Å². The summed E-state index contributed by atoms with van der Waals surface area (Å²) in [6.07, 6.45) is 5.56. The standard InChI is InChI=1S/C11H15N5/c1-2-12-7-11-9-16(15-14-11)8-10-4-3-5-13-6-10/h3-6,9,12H,2,7-8H2,1H3. The SMILES string of the molecule is CCNCc1cn(Cc2cccnc2)nn1. The number of nitrogens with zero attached hydrogens (tertiary/aromatic N) is 4. The van der Waals surface area contributed by atoms with Crippen molar-refractivity contribution in [1.82, 2.24) is 25.3 Å². The Labute approximate surface area is 94.5 Å². The number of nitrogens with one attached hydrogen (secondary N) is 1. The maximum atomic E-state index is 4.08. The van der Waals surface area contributed by atoms with Gasteiger partial charge >= 0.3 is 0 Å². The van der Waals surface area contributed by atoms with Gasteiger partial charge in [-0.2, -0.15) is 0 Å². The molecule has 0 unspecified atom stereocenters. The minimum absolute atomic E-state index is 0.715. The average molecular weight is 217 g/mol. The minimum atomic E-state index is 0.715. The van der Waals surface area contributed by atoms with E-state index in [-0.39, 0.29) is 0 Å². The van der Waals surface area contributed by atoms with Crippen LogP contribution in [0.15, 0.2) is 30.7 Å². The zero-order chi connectivity index (χ0) is 11.2. The topological polar surface area (TPSA) is 55.6 Å². The minimum Gasteiger partial charge on any atom is -0.311 e. The highest BCUT2D eigenvalue weighted by molar-refractivity contribution is 5.08. The van der Waals surface area contributed by atoms with Crippen LogP contribution < -0.4 is 5.32 Å². The molecule has 2 heterocycles. The van der Waals surface area contributed by atoms with Gasteiger partial charge in [0.2, 0.25) is 0 Å². The fourth-order valence-corrected chi connectivity index (χ4v) is 1.43. The van der Waals surface area contributed by atoms with E-state index in [9.17, 15) is 0 Å². The third-order valence-corrected chi connectivity index (χ3v) is 2.21. The number of hydrogen-bond acceptors (Lipinski definition) is 4. The first kappa shape index (κ1) is 10.8. The predicted molar refractivity (Wildman–Crippen MR) is 60.7 cm³/mol. The molecule has 0 fully saturated rings. The van der Waals surface area contributed by atoms with Crippen molar-refractivity contribution in [2.45, 2.75) is 20.0 Å². The molecule has 0 aromatic carbocycles. The van der Waals surface area contributed by atoms with Gasteiger partial charge in [0.05, 0.1) is 18.4 Å². The fraction of sp³-hybridized carbons (Fsp3) is 0.364. The molecule has 0 aliphatic rings. The van der Waals surface area contributed by atoms with Gasteiger partial charge in [-0.1, -0.05) is 18.2 Å². The van der Waals surface area contributed by atoms with Gasteiger partial charge in [0.15, 0.2) is 0 Å². The van der Waals surface area contributed by atoms with E-state index in [1.165, 1.54) is 0 Å². The van der Waals surface area contributed by atoms with E-state index in [4.69, 9.17) is 0 Å². The van der Waals surface area contributed by atoms with Crippen LogP contribution in [-0.4, -0.2) is 26.5 Å². The Morgan fingerprint density at radius 3 is 3.12 bits per heavy atom. The fourth-order valence-electron chi connectivity index (χ4n) is 1.43. The molecule has 0 spiro atoms. The highest BCUT2D eigenvalue weighted by atomic mass is 15.4. The largest absolute Gasteiger partial charge is 0.311 e. The highest BCUT2D eigenvalue weighted by Gasteiger charge is 2.00. The second-order valence-electron chi connectivity index (χ2n) is 3.55. The Balaban J connectivity index is 1.97. The first-order chi connectivity index (χ1) is 7.88. The van der Waals surface area contributed by atoms with Crippen molar-refractivity contribution in [1.29, 1.82) is 0 Å². The van der Waals surface area contributed by atoms with Gasteiger partial charge in [-0.3, -0.25) is 4.98 Å². The summed E-state index contributed by atoms with van der Waals surface area (Å²) in [7, 11) is 0. The summed E-state index contributed by atoms with van der Waals surface area (Å²) in [4.78, 5) is 4.06. The van der Waals surface area contributed by atoms with Crippen molar-refractivity contribution >= 4 is 0 Å². The summed E-state index contributed by atoms with van der Waals surface area (Å²) in [6, 6.07) is 3.95. The predicted octanol–water partition coefficient (Wildman–Crippen LogP) is 0.831. The average Bonchev–Trinajstić information content (AvgIpc) is 2.75. The van der Waals surface area contributed by atoms with Gasteiger partial charge in [-0.05, 0) is 18.2 Å². The van der Waals surface area contributed by atoms with Crippen molar-refractivity contribution in [2.24, 2.45) is 0 Å². The van der Waals surface area contributed by atoms with Gasteiger partial charge < -0.3 is 5.32 Å². The number of hydrogen-bond donors (Lipinski definition) is 1. The lowest BCUT2D eigenvalue weighted by Gasteiger charge is -1.98. The van der Waals surface area contributed by atoms with E-state index in [0.29, 0.717) is 6.54 Å². The van der Waals surface area contributed by atoms with Crippen LogP contribution in [0.5, 0.6) is 0 Å². The Bertz CT molecular complexity index is 423. The van der Waals surface area contributed by atoms with Crippen LogP contribution in [0.25, 0.3) is 0 Å². The Morgan fingerprint density at radius 1 is 1.44 bits per heavy atom. The quantitative estimate of drug-likeness (QED) is 0.806. The van der Waals surface area contributed by atoms with Crippen molar-refractivity contribution in [3.63, 3.8) is 0 Å². The summed E-state index contributed by atoms with van der Waals surface area (Å²) in [5.74, 6) is 0. The summed E-state index contributed by atoms with van der Waals surface area (Å²) in [5.41, 5.74) is 2.09. The maximum Gasteiger partial charge on any atom is 0.0964 e. The number of rotatable bonds is 5. The van der Waals surface area contributed by atoms with Crippen LogP contribution >= 0.6 is 0 Å². The van der Waals surface area contributed by atoms with Gasteiger partial charge in [-0.25, -0.2) is 4.68 Å². The van der Waals surface area contributed by atoms with Gasteiger partial charge in [0.25, 0.3) is 0 Å². The molecule has 84 valence electrons. The smallest absolute Gasteiger partial charge is 0.0964 e. The summed E-state index contributed by atoms with van der Waals surface area (Å²) in [5, 5.41) is 11.4. The normalized spacial score (nSPS) is 10.6. The monoisotopic (exact) mass is 217 g/mol. The molecule has 0 saturated carbocycles. The molecule has 0 aliphatic heterocycles. The second kappa shape index (κ2) is 5.37. The molecule has 2 rings (SSSR count). The van der Waals surface area contributed by atoms with Crippen molar-refractivity contribution in [3.8, 4) is 0 Å². The second-order valence-corrected chi connectivity index (χ2v) is 3.55. The summed E-state index contributed by atoms with van der Waals surface area (Å²) >= 11 is 0. The molecule has 2 aromatic heterocycles. The third kappa shape index (κ3) is 2.87. The van der Waals surface area contributed by atoms with Gasteiger partial charge in [0.1, 0.15) is 0 Å². The first-order valence-corrected chi connectivity index (χ1v) is 5.37. The molecule has 16 heavy (non-hydrogen) atoms. The zero-order valence-electron chi connectivity index (χ0n) is 9.30. The van der Waals surface area contributed by atoms with Crippen molar-refractivity contribution in [3.05, 3.63) is 42.0 Å². The molecular formula is C11H15N5. The summed E-state index contributed by atoms with van der Waals surface area (Å²) in [6.45, 7) is 4.49.